The Morgan fingerprint density at radius 3 is 2.48 bits per heavy atom. The van der Waals surface area contributed by atoms with Gasteiger partial charge in [-0.1, -0.05) is 31.2 Å². The van der Waals surface area contributed by atoms with Crippen LogP contribution < -0.4 is 10.1 Å². The fraction of sp³-hybridized carbons (Fsp3) is 0.458. The molecular weight excluding hydrogens is 334 g/mol. The van der Waals surface area contributed by atoms with E-state index in [1.807, 2.05) is 13.0 Å². The van der Waals surface area contributed by atoms with E-state index >= 15 is 0 Å². The van der Waals surface area contributed by atoms with Crippen molar-refractivity contribution in [2.45, 2.75) is 71.9 Å². The maximum atomic E-state index is 12.7. The van der Waals surface area contributed by atoms with E-state index in [4.69, 9.17) is 4.74 Å². The quantitative estimate of drug-likeness (QED) is 0.762. The molecule has 0 heterocycles. The summed E-state index contributed by atoms with van der Waals surface area (Å²) in [5.41, 5.74) is 6.46. The van der Waals surface area contributed by atoms with E-state index in [0.29, 0.717) is 0 Å². The van der Waals surface area contributed by atoms with Crippen molar-refractivity contribution < 1.29 is 9.53 Å². The predicted molar refractivity (Wildman–Crippen MR) is 110 cm³/mol. The summed E-state index contributed by atoms with van der Waals surface area (Å²) in [6.45, 7) is 8.12. The first kappa shape index (κ1) is 19.5. The first-order valence-corrected chi connectivity index (χ1v) is 10.1. The van der Waals surface area contributed by atoms with Crippen molar-refractivity contribution in [1.82, 2.24) is 5.32 Å². The maximum Gasteiger partial charge on any atom is 0.261 e. The van der Waals surface area contributed by atoms with Crippen molar-refractivity contribution in [2.75, 3.05) is 0 Å². The minimum Gasteiger partial charge on any atom is -0.481 e. The lowest BCUT2D eigenvalue weighted by Crippen LogP contribution is -2.38. The van der Waals surface area contributed by atoms with Gasteiger partial charge in [-0.15, -0.1) is 0 Å². The Labute approximate surface area is 163 Å². The van der Waals surface area contributed by atoms with Gasteiger partial charge in [0.05, 0.1) is 6.04 Å². The zero-order valence-electron chi connectivity index (χ0n) is 17.0. The number of ether oxygens (including phenoxy) is 1. The van der Waals surface area contributed by atoms with Gasteiger partial charge in [0, 0.05) is 0 Å². The molecule has 3 heteroatoms. The highest BCUT2D eigenvalue weighted by molar-refractivity contribution is 5.81. The van der Waals surface area contributed by atoms with Gasteiger partial charge >= 0.3 is 0 Å². The van der Waals surface area contributed by atoms with Crippen LogP contribution in [0, 0.1) is 13.8 Å². The second-order valence-corrected chi connectivity index (χ2v) is 7.71. The van der Waals surface area contributed by atoms with Crippen LogP contribution in [0.25, 0.3) is 0 Å². The Balaban J connectivity index is 1.64. The third-order valence-electron chi connectivity index (χ3n) is 5.66. The van der Waals surface area contributed by atoms with Crippen molar-refractivity contribution in [3.63, 3.8) is 0 Å². The molecule has 1 aliphatic rings. The number of carbonyl (C=O) groups is 1. The Kier molecular flexibility index (Phi) is 6.20. The van der Waals surface area contributed by atoms with Gasteiger partial charge in [0.15, 0.2) is 6.10 Å². The summed E-state index contributed by atoms with van der Waals surface area (Å²) in [5, 5.41) is 3.15. The van der Waals surface area contributed by atoms with E-state index in [1.54, 1.807) is 0 Å². The zero-order valence-corrected chi connectivity index (χ0v) is 17.0. The number of amides is 1. The zero-order chi connectivity index (χ0) is 19.4. The third kappa shape index (κ3) is 4.71. The molecule has 0 saturated heterocycles. The van der Waals surface area contributed by atoms with E-state index in [0.717, 1.165) is 30.6 Å². The van der Waals surface area contributed by atoms with Crippen molar-refractivity contribution in [1.29, 1.82) is 0 Å². The summed E-state index contributed by atoms with van der Waals surface area (Å²) >= 11 is 0. The summed E-state index contributed by atoms with van der Waals surface area (Å²) in [4.78, 5) is 12.7. The Hall–Kier alpha value is -2.29. The molecule has 0 bridgehead atoms. The molecule has 0 aromatic heterocycles. The van der Waals surface area contributed by atoms with Crippen LogP contribution in [0.1, 0.15) is 67.0 Å². The molecule has 1 amide bonds. The summed E-state index contributed by atoms with van der Waals surface area (Å²) in [7, 11) is 0. The normalized spacial score (nSPS) is 15.6. The van der Waals surface area contributed by atoms with Gasteiger partial charge < -0.3 is 10.1 Å². The number of benzene rings is 2. The largest absolute Gasteiger partial charge is 0.481 e. The molecule has 2 aromatic rings. The van der Waals surface area contributed by atoms with Crippen LogP contribution in [-0.4, -0.2) is 12.0 Å². The van der Waals surface area contributed by atoms with Crippen molar-refractivity contribution in [3.8, 4) is 5.75 Å². The average molecular weight is 366 g/mol. The number of hydrogen-bond acceptors (Lipinski definition) is 2. The fourth-order valence-corrected chi connectivity index (χ4v) is 3.73. The van der Waals surface area contributed by atoms with Crippen LogP contribution in [0.2, 0.25) is 0 Å². The topological polar surface area (TPSA) is 38.3 Å². The molecule has 1 N–H and O–H groups in total. The highest BCUT2D eigenvalue weighted by Crippen LogP contribution is 2.26. The molecule has 0 spiro atoms. The van der Waals surface area contributed by atoms with Gasteiger partial charge in [-0.05, 0) is 92.8 Å². The van der Waals surface area contributed by atoms with Gasteiger partial charge in [0.25, 0.3) is 5.91 Å². The maximum absolute atomic E-state index is 12.7. The van der Waals surface area contributed by atoms with Gasteiger partial charge in [0.1, 0.15) is 5.75 Å². The molecule has 2 atom stereocenters. The minimum atomic E-state index is -0.521. The van der Waals surface area contributed by atoms with Crippen molar-refractivity contribution in [3.05, 3.63) is 64.2 Å². The SMILES string of the molecule is CC[C@H](NC(=O)[C@@H](C)Oc1ccc2c(c1)CCCC2)c1ccc(C)c(C)c1. The van der Waals surface area contributed by atoms with E-state index in [2.05, 4.69) is 56.4 Å². The van der Waals surface area contributed by atoms with Crippen LogP contribution >= 0.6 is 0 Å². The average Bonchev–Trinajstić information content (AvgIpc) is 2.68. The first-order chi connectivity index (χ1) is 13.0. The number of nitrogens with one attached hydrogen (secondary N) is 1. The fourth-order valence-electron chi connectivity index (χ4n) is 3.73. The van der Waals surface area contributed by atoms with E-state index < -0.39 is 6.10 Å². The molecule has 27 heavy (non-hydrogen) atoms. The second-order valence-electron chi connectivity index (χ2n) is 7.71. The molecule has 0 fully saturated rings. The van der Waals surface area contributed by atoms with E-state index in [1.165, 1.54) is 35.1 Å². The van der Waals surface area contributed by atoms with Crippen LogP contribution in [-0.2, 0) is 17.6 Å². The van der Waals surface area contributed by atoms with Gasteiger partial charge in [-0.3, -0.25) is 4.79 Å². The standard InChI is InChI=1S/C24H31NO2/c1-5-23(21-11-10-16(2)17(3)14-21)25-24(26)18(4)27-22-13-12-19-8-6-7-9-20(19)15-22/h10-15,18,23H,5-9H2,1-4H3,(H,25,26)/t18-,23+/m1/s1. The Bertz CT molecular complexity index is 812. The third-order valence-corrected chi connectivity index (χ3v) is 5.66. The molecule has 0 aliphatic heterocycles. The smallest absolute Gasteiger partial charge is 0.261 e. The number of aryl methyl sites for hydroxylation is 4. The molecule has 144 valence electrons. The van der Waals surface area contributed by atoms with Crippen LogP contribution in [0.3, 0.4) is 0 Å². The van der Waals surface area contributed by atoms with Crippen molar-refractivity contribution in [2.24, 2.45) is 0 Å². The van der Waals surface area contributed by atoms with E-state index in [9.17, 15) is 4.79 Å². The summed E-state index contributed by atoms with van der Waals surface area (Å²) < 4.78 is 5.95. The number of carbonyl (C=O) groups excluding carboxylic acids is 1. The number of fused-ring (bicyclic) bond motifs is 1. The second kappa shape index (κ2) is 8.60. The van der Waals surface area contributed by atoms with Gasteiger partial charge in [-0.25, -0.2) is 0 Å². The number of hydrogen-bond donors (Lipinski definition) is 1. The summed E-state index contributed by atoms with van der Waals surface area (Å²) in [6.07, 6.45) is 5.09. The highest BCUT2D eigenvalue weighted by Gasteiger charge is 2.20. The lowest BCUT2D eigenvalue weighted by atomic mass is 9.92. The van der Waals surface area contributed by atoms with Crippen LogP contribution in [0.4, 0.5) is 0 Å². The Morgan fingerprint density at radius 1 is 1.04 bits per heavy atom. The summed E-state index contributed by atoms with van der Waals surface area (Å²) in [5.74, 6) is 0.718. The number of rotatable bonds is 6. The molecule has 2 aromatic carbocycles. The van der Waals surface area contributed by atoms with Crippen molar-refractivity contribution >= 4 is 5.91 Å². The lowest BCUT2D eigenvalue weighted by molar-refractivity contribution is -0.128. The molecule has 0 unspecified atom stereocenters. The van der Waals surface area contributed by atoms with E-state index in [-0.39, 0.29) is 11.9 Å². The van der Waals surface area contributed by atoms with Gasteiger partial charge in [0.2, 0.25) is 0 Å². The first-order valence-electron chi connectivity index (χ1n) is 10.1. The molecule has 1 aliphatic carbocycles. The Morgan fingerprint density at radius 2 is 1.78 bits per heavy atom. The van der Waals surface area contributed by atoms with Gasteiger partial charge in [-0.2, -0.15) is 0 Å². The molecule has 0 saturated carbocycles. The minimum absolute atomic E-state index is 0.00591. The monoisotopic (exact) mass is 365 g/mol. The van der Waals surface area contributed by atoms with Crippen LogP contribution in [0.5, 0.6) is 5.75 Å². The summed E-state index contributed by atoms with van der Waals surface area (Å²) in [6, 6.07) is 12.6. The highest BCUT2D eigenvalue weighted by atomic mass is 16.5. The molecule has 3 nitrogen and oxygen atoms in total. The molecule has 0 radical (unpaired) electrons. The predicted octanol–water partition coefficient (Wildman–Crippen LogP) is 5.22. The lowest BCUT2D eigenvalue weighted by Gasteiger charge is -2.22. The molecular formula is C24H31NO2. The molecule has 3 rings (SSSR count). The van der Waals surface area contributed by atoms with Crippen LogP contribution in [0.15, 0.2) is 36.4 Å².